The molecule has 2 rings (SSSR count). The Morgan fingerprint density at radius 1 is 1.24 bits per heavy atom. The fourth-order valence-corrected chi connectivity index (χ4v) is 2.11. The molecule has 0 saturated heterocycles. The van der Waals surface area contributed by atoms with E-state index < -0.39 is 0 Å². The van der Waals surface area contributed by atoms with E-state index in [1.54, 1.807) is 18.3 Å². The average molecular weight is 318 g/mol. The van der Waals surface area contributed by atoms with E-state index in [0.717, 1.165) is 16.8 Å². The second-order valence-corrected chi connectivity index (χ2v) is 5.22. The van der Waals surface area contributed by atoms with Gasteiger partial charge in [0.05, 0.1) is 10.7 Å². The van der Waals surface area contributed by atoms with E-state index in [9.17, 15) is 0 Å². The maximum absolute atomic E-state index is 6.13. The third-order valence-electron chi connectivity index (χ3n) is 2.79. The highest BCUT2D eigenvalue weighted by molar-refractivity contribution is 6.32. The molecule has 4 heteroatoms. The van der Waals surface area contributed by atoms with Crippen LogP contribution in [0.5, 0.6) is 5.75 Å². The summed E-state index contributed by atoms with van der Waals surface area (Å²) in [4.78, 5) is 4.43. The number of hydrogen-bond donors (Lipinski definition) is 0. The summed E-state index contributed by atoms with van der Waals surface area (Å²) in [5.74, 6) is 2.96. The smallest absolute Gasteiger partial charge is 0.148 e. The van der Waals surface area contributed by atoms with Gasteiger partial charge in [0.25, 0.3) is 0 Å². The monoisotopic (exact) mass is 317 g/mol. The zero-order chi connectivity index (χ0) is 15.2. The van der Waals surface area contributed by atoms with Gasteiger partial charge >= 0.3 is 0 Å². The summed E-state index contributed by atoms with van der Waals surface area (Å²) in [7, 11) is 0. The SMILES string of the molecule is C#CCOc1ccc(C=Nc2cc(Cl)ccc2C)cc1Cl. The maximum atomic E-state index is 6.13. The molecule has 0 unspecified atom stereocenters. The number of terminal acetylenes is 1. The first kappa shape index (κ1) is 15.4. The van der Waals surface area contributed by atoms with Crippen molar-refractivity contribution in [2.45, 2.75) is 6.92 Å². The Bertz CT molecular complexity index is 717. The van der Waals surface area contributed by atoms with Crippen LogP contribution in [0, 0.1) is 19.3 Å². The summed E-state index contributed by atoms with van der Waals surface area (Å²) in [6, 6.07) is 11.0. The van der Waals surface area contributed by atoms with Crippen molar-refractivity contribution in [2.75, 3.05) is 6.61 Å². The van der Waals surface area contributed by atoms with Crippen LogP contribution >= 0.6 is 23.2 Å². The van der Waals surface area contributed by atoms with E-state index in [4.69, 9.17) is 34.4 Å². The predicted molar refractivity (Wildman–Crippen MR) is 89.2 cm³/mol. The van der Waals surface area contributed by atoms with Gasteiger partial charge in [-0.2, -0.15) is 0 Å². The molecule has 21 heavy (non-hydrogen) atoms. The summed E-state index contributed by atoms with van der Waals surface area (Å²) >= 11 is 12.1. The molecule has 2 nitrogen and oxygen atoms in total. The summed E-state index contributed by atoms with van der Waals surface area (Å²) in [6.45, 7) is 2.17. The van der Waals surface area contributed by atoms with Crippen LogP contribution in [-0.4, -0.2) is 12.8 Å². The molecule has 0 aliphatic rings. The van der Waals surface area contributed by atoms with Crippen molar-refractivity contribution in [1.82, 2.24) is 0 Å². The van der Waals surface area contributed by atoms with E-state index in [-0.39, 0.29) is 6.61 Å². The highest BCUT2D eigenvalue weighted by atomic mass is 35.5. The van der Waals surface area contributed by atoms with E-state index in [1.807, 2.05) is 31.2 Å². The minimum atomic E-state index is 0.189. The van der Waals surface area contributed by atoms with Crippen LogP contribution in [-0.2, 0) is 0 Å². The van der Waals surface area contributed by atoms with Gasteiger partial charge in [0.1, 0.15) is 12.4 Å². The second kappa shape index (κ2) is 7.17. The standard InChI is InChI=1S/C17H13Cl2NO/c1-3-8-21-17-7-5-13(9-15(17)19)11-20-16-10-14(18)6-4-12(16)2/h1,4-7,9-11H,8H2,2H3. The number of benzene rings is 2. The second-order valence-electron chi connectivity index (χ2n) is 4.37. The first-order valence-corrected chi connectivity index (χ1v) is 7.02. The van der Waals surface area contributed by atoms with Gasteiger partial charge in [0.15, 0.2) is 0 Å². The van der Waals surface area contributed by atoms with E-state index in [2.05, 4.69) is 10.9 Å². The Morgan fingerprint density at radius 2 is 2.05 bits per heavy atom. The molecule has 0 N–H and O–H groups in total. The van der Waals surface area contributed by atoms with Gasteiger partial charge in [-0.3, -0.25) is 4.99 Å². The van der Waals surface area contributed by atoms with Crippen molar-refractivity contribution in [3.8, 4) is 18.1 Å². The number of aryl methyl sites for hydroxylation is 1. The van der Waals surface area contributed by atoms with Crippen LogP contribution in [0.25, 0.3) is 0 Å². The molecule has 0 saturated carbocycles. The van der Waals surface area contributed by atoms with Crippen LogP contribution in [0.4, 0.5) is 5.69 Å². The number of aliphatic imine (C=N–C) groups is 1. The lowest BCUT2D eigenvalue weighted by Crippen LogP contribution is -1.94. The molecule has 0 aliphatic carbocycles. The zero-order valence-electron chi connectivity index (χ0n) is 11.4. The molecule has 0 atom stereocenters. The van der Waals surface area contributed by atoms with Gasteiger partial charge in [-0.25, -0.2) is 0 Å². The molecule has 0 spiro atoms. The summed E-state index contributed by atoms with van der Waals surface area (Å²) in [5.41, 5.74) is 2.74. The minimum absolute atomic E-state index is 0.189. The molecule has 2 aromatic rings. The van der Waals surface area contributed by atoms with Crippen molar-refractivity contribution in [3.63, 3.8) is 0 Å². The van der Waals surface area contributed by atoms with Gasteiger partial charge in [0, 0.05) is 11.2 Å². The van der Waals surface area contributed by atoms with Crippen LogP contribution in [0.2, 0.25) is 10.0 Å². The molecule has 0 aromatic heterocycles. The molecule has 0 heterocycles. The number of halogens is 2. The number of ether oxygens (including phenoxy) is 1. The first-order valence-electron chi connectivity index (χ1n) is 6.26. The lowest BCUT2D eigenvalue weighted by molar-refractivity contribution is 0.370. The highest BCUT2D eigenvalue weighted by Gasteiger charge is 2.02. The van der Waals surface area contributed by atoms with Crippen molar-refractivity contribution in [2.24, 2.45) is 4.99 Å². The van der Waals surface area contributed by atoms with Crippen molar-refractivity contribution in [1.29, 1.82) is 0 Å². The largest absolute Gasteiger partial charge is 0.479 e. The lowest BCUT2D eigenvalue weighted by atomic mass is 10.2. The van der Waals surface area contributed by atoms with Gasteiger partial charge < -0.3 is 4.74 Å². The minimum Gasteiger partial charge on any atom is -0.479 e. The lowest BCUT2D eigenvalue weighted by Gasteiger charge is -2.05. The van der Waals surface area contributed by atoms with Crippen molar-refractivity contribution in [3.05, 3.63) is 57.6 Å². The van der Waals surface area contributed by atoms with Crippen molar-refractivity contribution < 1.29 is 4.74 Å². The molecule has 0 fully saturated rings. The number of hydrogen-bond acceptors (Lipinski definition) is 2. The third kappa shape index (κ3) is 4.26. The summed E-state index contributed by atoms with van der Waals surface area (Å²) in [5, 5.41) is 1.15. The van der Waals surface area contributed by atoms with Gasteiger partial charge in [-0.05, 0) is 48.4 Å². The summed E-state index contributed by atoms with van der Waals surface area (Å²) in [6.07, 6.45) is 6.88. The maximum Gasteiger partial charge on any atom is 0.148 e. The first-order chi connectivity index (χ1) is 10.1. The summed E-state index contributed by atoms with van der Waals surface area (Å²) < 4.78 is 5.31. The molecule has 0 radical (unpaired) electrons. The van der Waals surface area contributed by atoms with E-state index in [1.165, 1.54) is 0 Å². The highest BCUT2D eigenvalue weighted by Crippen LogP contribution is 2.26. The fourth-order valence-electron chi connectivity index (χ4n) is 1.70. The average Bonchev–Trinajstić information content (AvgIpc) is 2.47. The number of rotatable bonds is 4. The third-order valence-corrected chi connectivity index (χ3v) is 3.32. The molecule has 0 bridgehead atoms. The quantitative estimate of drug-likeness (QED) is 0.570. The van der Waals surface area contributed by atoms with Crippen LogP contribution in [0.1, 0.15) is 11.1 Å². The van der Waals surface area contributed by atoms with Gasteiger partial charge in [-0.15, -0.1) is 6.42 Å². The molecule has 2 aromatic carbocycles. The Hall–Kier alpha value is -1.95. The Kier molecular flexibility index (Phi) is 5.27. The molecule has 0 aliphatic heterocycles. The van der Waals surface area contributed by atoms with E-state index in [0.29, 0.717) is 15.8 Å². The molecule has 0 amide bonds. The van der Waals surface area contributed by atoms with Crippen LogP contribution in [0.3, 0.4) is 0 Å². The Balaban J connectivity index is 2.20. The molecule has 106 valence electrons. The normalized spacial score (nSPS) is 10.6. The van der Waals surface area contributed by atoms with Gasteiger partial charge in [0.2, 0.25) is 0 Å². The van der Waals surface area contributed by atoms with Crippen molar-refractivity contribution >= 4 is 35.1 Å². The topological polar surface area (TPSA) is 21.6 Å². The molecular formula is C17H13Cl2NO. The van der Waals surface area contributed by atoms with Gasteiger partial charge in [-0.1, -0.05) is 35.2 Å². The van der Waals surface area contributed by atoms with Crippen LogP contribution in [0.15, 0.2) is 41.4 Å². The fraction of sp³-hybridized carbons (Fsp3) is 0.118. The Morgan fingerprint density at radius 3 is 2.76 bits per heavy atom. The molecular weight excluding hydrogens is 305 g/mol. The van der Waals surface area contributed by atoms with Crippen LogP contribution < -0.4 is 4.74 Å². The zero-order valence-corrected chi connectivity index (χ0v) is 12.9. The Labute approximate surface area is 134 Å². The predicted octanol–water partition coefficient (Wildman–Crippen LogP) is 5.06. The van der Waals surface area contributed by atoms with E-state index >= 15 is 0 Å². The number of nitrogens with zero attached hydrogens (tertiary/aromatic N) is 1.